The fourth-order valence-electron chi connectivity index (χ4n) is 1.84. The predicted octanol–water partition coefficient (Wildman–Crippen LogP) is 2.76. The molecule has 26 heavy (non-hydrogen) atoms. The van der Waals surface area contributed by atoms with Gasteiger partial charge in [0.15, 0.2) is 0 Å². The molecule has 0 aliphatic heterocycles. The van der Waals surface area contributed by atoms with Gasteiger partial charge in [0.25, 0.3) is 10.1 Å². The molecule has 0 fully saturated rings. The van der Waals surface area contributed by atoms with Gasteiger partial charge in [-0.2, -0.15) is 8.42 Å². The Kier molecular flexibility index (Phi) is 17.3. The third-order valence-electron chi connectivity index (χ3n) is 2.94. The average molecular weight is 401 g/mol. The van der Waals surface area contributed by atoms with E-state index in [1.54, 1.807) is 0 Å². The van der Waals surface area contributed by atoms with Gasteiger partial charge in [-0.1, -0.05) is 0 Å². The van der Waals surface area contributed by atoms with Gasteiger partial charge in [-0.15, -0.1) is 0 Å². The van der Waals surface area contributed by atoms with Gasteiger partial charge in [-0.05, 0) is 23.8 Å². The van der Waals surface area contributed by atoms with Crippen molar-refractivity contribution in [3.63, 3.8) is 0 Å². The van der Waals surface area contributed by atoms with Gasteiger partial charge >= 0.3 is 76.1 Å². The molecule has 0 aliphatic carbocycles. The first kappa shape index (κ1) is 29.7. The molecule has 11 heteroatoms. The quantitative estimate of drug-likeness (QED) is 0.247. The number of rotatable bonds is 8. The van der Waals surface area contributed by atoms with Crippen LogP contribution in [0.1, 0.15) is 52.0 Å². The van der Waals surface area contributed by atoms with Gasteiger partial charge in [0.1, 0.15) is 5.75 Å². The molecule has 1 rings (SSSR count). The van der Waals surface area contributed by atoms with Gasteiger partial charge in [-0.3, -0.25) is 4.55 Å². The van der Waals surface area contributed by atoms with Crippen molar-refractivity contribution >= 4 is 50.0 Å². The summed E-state index contributed by atoms with van der Waals surface area (Å²) in [6.45, 7) is 3.77. The fraction of sp³-hybridized carbons (Fsp3) is 0.400. The van der Waals surface area contributed by atoms with Crippen LogP contribution in [-0.4, -0.2) is 63.1 Å². The zero-order chi connectivity index (χ0) is 18.8. The second-order valence-electron chi connectivity index (χ2n) is 5.17. The summed E-state index contributed by atoms with van der Waals surface area (Å²) in [4.78, 5) is 21.4. The van der Waals surface area contributed by atoms with E-state index in [1.165, 1.54) is 50.9 Å². The van der Waals surface area contributed by atoms with Crippen molar-refractivity contribution in [3.8, 4) is 0 Å². The fourth-order valence-corrected chi connectivity index (χ4v) is 2.92. The van der Waals surface area contributed by atoms with Crippen LogP contribution >= 0.6 is 0 Å². The Bertz CT molecular complexity index is 630. The third kappa shape index (κ3) is 14.2. The Hall–Kier alpha value is -1.01. The van der Waals surface area contributed by atoms with E-state index in [-0.39, 0.29) is 29.0 Å². The molecule has 9 N–H and O–H groups in total. The zero-order valence-electron chi connectivity index (χ0n) is 15.0. The molecule has 0 heterocycles. The van der Waals surface area contributed by atoms with E-state index in [1.807, 2.05) is 0 Å². The minimum absolute atomic E-state index is 0. The van der Waals surface area contributed by atoms with E-state index in [9.17, 15) is 18.0 Å². The van der Waals surface area contributed by atoms with E-state index in [2.05, 4.69) is 6.92 Å². The number of carbonyl (C=O) groups is 2. The Morgan fingerprint density at radius 1 is 0.962 bits per heavy atom. The summed E-state index contributed by atoms with van der Waals surface area (Å²) >= 11 is 1.39. The van der Waals surface area contributed by atoms with Crippen molar-refractivity contribution in [1.82, 2.24) is 12.3 Å². The van der Waals surface area contributed by atoms with Gasteiger partial charge in [0.05, 0.1) is 11.1 Å². The molecule has 0 saturated heterocycles. The SMILES string of the molecule is N.N.O=C(O)c1cc(CS(=O)(=O)O)cc(C(=O)O)c1.[CH2]CCCC[CH2][Na]. The molecule has 0 amide bonds. The molecule has 1 radical (unpaired) electrons. The van der Waals surface area contributed by atoms with Crippen molar-refractivity contribution in [3.05, 3.63) is 41.8 Å². The van der Waals surface area contributed by atoms with Crippen molar-refractivity contribution in [1.29, 1.82) is 0 Å². The van der Waals surface area contributed by atoms with Crippen molar-refractivity contribution in [2.45, 2.75) is 35.1 Å². The Morgan fingerprint density at radius 2 is 1.42 bits per heavy atom. The number of aromatic carboxylic acids is 2. The topological polar surface area (TPSA) is 199 Å². The molecule has 0 saturated carbocycles. The van der Waals surface area contributed by atoms with E-state index in [4.69, 9.17) is 14.8 Å². The molecule has 0 aliphatic rings. The molecular weight excluding hydrogens is 375 g/mol. The van der Waals surface area contributed by atoms with Gasteiger partial charge < -0.3 is 22.5 Å². The maximum absolute atomic E-state index is 10.7. The van der Waals surface area contributed by atoms with Crippen molar-refractivity contribution < 1.29 is 32.8 Å². The molecule has 0 unspecified atom stereocenters. The summed E-state index contributed by atoms with van der Waals surface area (Å²) in [5.41, 5.74) is -0.822. The van der Waals surface area contributed by atoms with Crippen LogP contribution < -0.4 is 12.3 Å². The zero-order valence-corrected chi connectivity index (χ0v) is 17.8. The molecule has 1 aromatic rings. The maximum atomic E-state index is 10.7. The summed E-state index contributed by atoms with van der Waals surface area (Å²) in [6.07, 6.45) is 5.32. The first-order valence-electron chi connectivity index (χ1n) is 7.45. The summed E-state index contributed by atoms with van der Waals surface area (Å²) in [6, 6.07) is 2.88. The summed E-state index contributed by atoms with van der Waals surface area (Å²) in [5.74, 6) is -3.61. The number of carboxylic acids is 2. The van der Waals surface area contributed by atoms with Crippen molar-refractivity contribution in [2.75, 3.05) is 0 Å². The second-order valence-corrected chi connectivity index (χ2v) is 7.62. The van der Waals surface area contributed by atoms with Crippen LogP contribution in [0.2, 0.25) is 3.67 Å². The molecule has 0 spiro atoms. The Balaban J connectivity index is -0.000000507. The number of hydrogen-bond donors (Lipinski definition) is 5. The summed E-state index contributed by atoms with van der Waals surface area (Å²) in [7, 11) is -4.35. The van der Waals surface area contributed by atoms with Gasteiger partial charge in [0.2, 0.25) is 0 Å². The van der Waals surface area contributed by atoms with Crippen LogP contribution in [-0.2, 0) is 15.9 Å². The minimum atomic E-state index is -4.35. The van der Waals surface area contributed by atoms with Crippen molar-refractivity contribution in [2.24, 2.45) is 0 Å². The van der Waals surface area contributed by atoms with Crippen LogP contribution in [0.25, 0.3) is 0 Å². The molecule has 9 nitrogen and oxygen atoms in total. The molecule has 1 aromatic carbocycles. The van der Waals surface area contributed by atoms with Crippen LogP contribution in [0, 0.1) is 6.92 Å². The van der Waals surface area contributed by atoms with Crippen LogP contribution in [0.4, 0.5) is 0 Å². The average Bonchev–Trinajstić information content (AvgIpc) is 2.46. The van der Waals surface area contributed by atoms with E-state index in [0.717, 1.165) is 24.6 Å². The summed E-state index contributed by atoms with van der Waals surface area (Å²) < 4.78 is 31.3. The third-order valence-corrected chi connectivity index (χ3v) is 4.34. The molecule has 0 bridgehead atoms. The first-order chi connectivity index (χ1) is 11.1. The normalized spacial score (nSPS) is 9.85. The van der Waals surface area contributed by atoms with E-state index in [0.29, 0.717) is 0 Å². The predicted molar refractivity (Wildman–Crippen MR) is 100 cm³/mol. The molecule has 0 atom stereocenters. The van der Waals surface area contributed by atoms with Gasteiger partial charge in [-0.25, -0.2) is 9.59 Å². The molecule has 0 aromatic heterocycles. The van der Waals surface area contributed by atoms with E-state index >= 15 is 0 Å². The Morgan fingerprint density at radius 3 is 1.73 bits per heavy atom. The Labute approximate surface area is 171 Å². The monoisotopic (exact) mass is 401 g/mol. The van der Waals surface area contributed by atoms with Crippen LogP contribution in [0.5, 0.6) is 0 Å². The molecular formula is C15H26N2NaO7S. The van der Waals surface area contributed by atoms with Gasteiger partial charge in [0, 0.05) is 0 Å². The van der Waals surface area contributed by atoms with Crippen LogP contribution in [0.3, 0.4) is 0 Å². The molecule has 145 valence electrons. The number of carboxylic acid groups (broad SMARTS) is 2. The number of unbranched alkanes of at least 4 members (excludes halogenated alkanes) is 3. The number of benzene rings is 1. The summed E-state index contributed by atoms with van der Waals surface area (Å²) in [5, 5.41) is 17.4. The van der Waals surface area contributed by atoms with Crippen LogP contribution in [0.15, 0.2) is 18.2 Å². The van der Waals surface area contributed by atoms with E-state index < -0.39 is 27.8 Å². The second kappa shape index (κ2) is 15.1. The standard InChI is InChI=1S/C9H8O7S.C6H12.2H3N.Na/c10-8(11)6-1-5(4-17(14,15)16)2-7(3-6)9(12)13;1-3-5-6-4-2;;;/h1-3H,4H2,(H,10,11)(H,12,13)(H,14,15,16);1-6H2;2*1H3;. The number of hydrogen-bond acceptors (Lipinski definition) is 6. The first-order valence-corrected chi connectivity index (χ1v) is 10.5.